The molecular formula is C14H27N3O3. The van der Waals surface area contributed by atoms with E-state index < -0.39 is 17.7 Å². The monoisotopic (exact) mass is 285 g/mol. The average Bonchev–Trinajstić information content (AvgIpc) is 2.33. The van der Waals surface area contributed by atoms with Gasteiger partial charge in [0, 0.05) is 19.6 Å². The minimum absolute atomic E-state index is 0.0213. The zero-order valence-corrected chi connectivity index (χ0v) is 12.9. The van der Waals surface area contributed by atoms with Crippen molar-refractivity contribution < 1.29 is 14.3 Å². The van der Waals surface area contributed by atoms with Gasteiger partial charge < -0.3 is 20.7 Å². The van der Waals surface area contributed by atoms with Crippen LogP contribution in [0.2, 0.25) is 0 Å². The minimum atomic E-state index is -0.492. The number of piperidine rings is 1. The topological polar surface area (TPSA) is 84.7 Å². The number of amides is 2. The lowest BCUT2D eigenvalue weighted by atomic mass is 9.97. The van der Waals surface area contributed by atoms with Crippen LogP contribution in [0.3, 0.4) is 0 Å². The minimum Gasteiger partial charge on any atom is -0.444 e. The van der Waals surface area contributed by atoms with Gasteiger partial charge in [-0.05, 0) is 46.5 Å². The molecule has 0 aromatic carbocycles. The molecule has 0 aliphatic carbocycles. The number of carbonyl (C=O) groups is 2. The van der Waals surface area contributed by atoms with Crippen molar-refractivity contribution in [3.8, 4) is 0 Å². The molecule has 6 nitrogen and oxygen atoms in total. The van der Waals surface area contributed by atoms with Crippen LogP contribution in [0.1, 0.15) is 40.5 Å². The van der Waals surface area contributed by atoms with Gasteiger partial charge in [0.25, 0.3) is 0 Å². The van der Waals surface area contributed by atoms with Crippen molar-refractivity contribution in [2.45, 2.75) is 52.2 Å². The Kier molecular flexibility index (Phi) is 5.80. The molecule has 1 fully saturated rings. The van der Waals surface area contributed by atoms with E-state index in [4.69, 9.17) is 10.5 Å². The van der Waals surface area contributed by atoms with Crippen molar-refractivity contribution >= 4 is 12.0 Å². The van der Waals surface area contributed by atoms with E-state index >= 15 is 0 Å². The quantitative estimate of drug-likeness (QED) is 0.813. The Hall–Kier alpha value is -1.30. The number of hydrogen-bond donors (Lipinski definition) is 2. The Morgan fingerprint density at radius 3 is 2.65 bits per heavy atom. The zero-order chi connectivity index (χ0) is 15.3. The van der Waals surface area contributed by atoms with Gasteiger partial charge in [0.2, 0.25) is 5.91 Å². The van der Waals surface area contributed by atoms with Crippen LogP contribution in [-0.4, -0.2) is 48.2 Å². The van der Waals surface area contributed by atoms with Gasteiger partial charge in [-0.1, -0.05) is 0 Å². The molecule has 6 heteroatoms. The van der Waals surface area contributed by atoms with Crippen molar-refractivity contribution in [1.29, 1.82) is 0 Å². The van der Waals surface area contributed by atoms with E-state index in [2.05, 4.69) is 5.32 Å². The first-order chi connectivity index (χ1) is 9.19. The highest BCUT2D eigenvalue weighted by Gasteiger charge is 2.26. The standard InChI is InChI=1S/C14H27N3O3/c1-10(15)12(18)17-7-5-6-11(9-17)8-16-13(19)20-14(2,3)4/h10-11H,5-9,15H2,1-4H3,(H,16,19)/t10-,11+/m0/s1. The Balaban J connectivity index is 2.37. The highest BCUT2D eigenvalue weighted by molar-refractivity contribution is 5.81. The van der Waals surface area contributed by atoms with Crippen LogP contribution in [0.15, 0.2) is 0 Å². The summed E-state index contributed by atoms with van der Waals surface area (Å²) >= 11 is 0. The Bertz CT molecular complexity index is 350. The van der Waals surface area contributed by atoms with Crippen molar-refractivity contribution in [2.75, 3.05) is 19.6 Å². The van der Waals surface area contributed by atoms with Crippen molar-refractivity contribution in [2.24, 2.45) is 11.7 Å². The number of alkyl carbamates (subject to hydrolysis) is 1. The van der Waals surface area contributed by atoms with Crippen LogP contribution in [0.5, 0.6) is 0 Å². The normalized spacial score (nSPS) is 21.2. The molecule has 0 radical (unpaired) electrons. The summed E-state index contributed by atoms with van der Waals surface area (Å²) in [5.41, 5.74) is 5.13. The van der Waals surface area contributed by atoms with E-state index in [0.29, 0.717) is 13.1 Å². The number of likely N-dealkylation sites (tertiary alicyclic amines) is 1. The fourth-order valence-corrected chi connectivity index (χ4v) is 2.26. The van der Waals surface area contributed by atoms with E-state index in [1.807, 2.05) is 20.8 Å². The third kappa shape index (κ3) is 5.77. The molecule has 2 amide bonds. The van der Waals surface area contributed by atoms with E-state index in [-0.39, 0.29) is 11.8 Å². The number of carbonyl (C=O) groups excluding carboxylic acids is 2. The maximum atomic E-state index is 11.9. The van der Waals surface area contributed by atoms with Gasteiger partial charge in [0.05, 0.1) is 6.04 Å². The fourth-order valence-electron chi connectivity index (χ4n) is 2.26. The molecule has 1 aliphatic heterocycles. The van der Waals surface area contributed by atoms with Crippen LogP contribution >= 0.6 is 0 Å². The summed E-state index contributed by atoms with van der Waals surface area (Å²) in [6, 6.07) is -0.465. The SMILES string of the molecule is C[C@H](N)C(=O)N1CCC[C@H](CNC(=O)OC(C)(C)C)C1. The summed E-state index contributed by atoms with van der Waals surface area (Å²) in [7, 11) is 0. The second kappa shape index (κ2) is 6.92. The number of rotatable bonds is 3. The summed E-state index contributed by atoms with van der Waals surface area (Å²) in [6.07, 6.45) is 1.53. The highest BCUT2D eigenvalue weighted by atomic mass is 16.6. The van der Waals surface area contributed by atoms with Gasteiger partial charge in [-0.25, -0.2) is 4.79 Å². The van der Waals surface area contributed by atoms with Crippen LogP contribution in [0, 0.1) is 5.92 Å². The molecule has 0 aromatic heterocycles. The average molecular weight is 285 g/mol. The molecule has 116 valence electrons. The maximum absolute atomic E-state index is 11.9. The van der Waals surface area contributed by atoms with Crippen molar-refractivity contribution in [1.82, 2.24) is 10.2 Å². The Morgan fingerprint density at radius 1 is 1.45 bits per heavy atom. The number of hydrogen-bond acceptors (Lipinski definition) is 4. The Labute approximate surface area is 121 Å². The molecular weight excluding hydrogens is 258 g/mol. The molecule has 3 N–H and O–H groups in total. The highest BCUT2D eigenvalue weighted by Crippen LogP contribution is 2.16. The Morgan fingerprint density at radius 2 is 2.10 bits per heavy atom. The van der Waals surface area contributed by atoms with Crippen LogP contribution < -0.4 is 11.1 Å². The van der Waals surface area contributed by atoms with Crippen molar-refractivity contribution in [3.63, 3.8) is 0 Å². The molecule has 0 bridgehead atoms. The predicted molar refractivity (Wildman–Crippen MR) is 77.2 cm³/mol. The summed E-state index contributed by atoms with van der Waals surface area (Å²) < 4.78 is 5.19. The van der Waals surface area contributed by atoms with Crippen LogP contribution in [0.4, 0.5) is 4.79 Å². The number of nitrogens with two attached hydrogens (primary N) is 1. The molecule has 1 aliphatic rings. The summed E-state index contributed by atoms with van der Waals surface area (Å²) in [5.74, 6) is 0.242. The van der Waals surface area contributed by atoms with Gasteiger partial charge in [-0.2, -0.15) is 0 Å². The lowest BCUT2D eigenvalue weighted by molar-refractivity contribution is -0.133. The molecule has 20 heavy (non-hydrogen) atoms. The lowest BCUT2D eigenvalue weighted by Gasteiger charge is -2.34. The molecule has 0 unspecified atom stereocenters. The maximum Gasteiger partial charge on any atom is 0.407 e. The smallest absolute Gasteiger partial charge is 0.407 e. The molecule has 1 heterocycles. The van der Waals surface area contributed by atoms with Gasteiger partial charge in [0.1, 0.15) is 5.60 Å². The largest absolute Gasteiger partial charge is 0.444 e. The van der Waals surface area contributed by atoms with Gasteiger partial charge in [-0.15, -0.1) is 0 Å². The number of ether oxygens (including phenoxy) is 1. The van der Waals surface area contributed by atoms with Crippen LogP contribution in [0.25, 0.3) is 0 Å². The van der Waals surface area contributed by atoms with E-state index in [9.17, 15) is 9.59 Å². The zero-order valence-electron chi connectivity index (χ0n) is 12.9. The lowest BCUT2D eigenvalue weighted by Crippen LogP contribution is -2.49. The first-order valence-electron chi connectivity index (χ1n) is 7.20. The molecule has 0 saturated carbocycles. The molecule has 2 atom stereocenters. The summed E-state index contributed by atoms with van der Waals surface area (Å²) in [6.45, 7) is 9.12. The van der Waals surface area contributed by atoms with E-state index in [1.54, 1.807) is 11.8 Å². The molecule has 0 spiro atoms. The third-order valence-electron chi connectivity index (χ3n) is 3.15. The molecule has 1 saturated heterocycles. The van der Waals surface area contributed by atoms with Gasteiger partial charge in [-0.3, -0.25) is 4.79 Å². The first kappa shape index (κ1) is 16.8. The molecule has 1 rings (SSSR count). The van der Waals surface area contributed by atoms with Crippen LogP contribution in [-0.2, 0) is 9.53 Å². The van der Waals surface area contributed by atoms with Gasteiger partial charge >= 0.3 is 6.09 Å². The third-order valence-corrected chi connectivity index (χ3v) is 3.15. The fraction of sp³-hybridized carbons (Fsp3) is 0.857. The van der Waals surface area contributed by atoms with Gasteiger partial charge in [0.15, 0.2) is 0 Å². The summed E-state index contributed by atoms with van der Waals surface area (Å²) in [4.78, 5) is 25.2. The predicted octanol–water partition coefficient (Wildman–Crippen LogP) is 1.10. The summed E-state index contributed by atoms with van der Waals surface area (Å²) in [5, 5.41) is 2.77. The molecule has 0 aromatic rings. The second-order valence-corrected chi connectivity index (χ2v) is 6.46. The van der Waals surface area contributed by atoms with E-state index in [0.717, 1.165) is 19.4 Å². The number of nitrogens with zero attached hydrogens (tertiary/aromatic N) is 1. The number of nitrogens with one attached hydrogen (secondary N) is 1. The van der Waals surface area contributed by atoms with E-state index in [1.165, 1.54) is 0 Å². The first-order valence-corrected chi connectivity index (χ1v) is 7.20. The van der Waals surface area contributed by atoms with Crippen molar-refractivity contribution in [3.05, 3.63) is 0 Å². The second-order valence-electron chi connectivity index (χ2n) is 6.46.